The molecule has 0 spiro atoms. The predicted molar refractivity (Wildman–Crippen MR) is 80.9 cm³/mol. The topological polar surface area (TPSA) is 57.3 Å². The maximum atomic E-state index is 12.2. The van der Waals surface area contributed by atoms with E-state index in [-0.39, 0.29) is 11.9 Å². The van der Waals surface area contributed by atoms with Gasteiger partial charge < -0.3 is 15.5 Å². The molecule has 0 aliphatic carbocycles. The van der Waals surface area contributed by atoms with Crippen LogP contribution in [0.1, 0.15) is 30.8 Å². The second kappa shape index (κ2) is 6.70. The van der Waals surface area contributed by atoms with E-state index in [1.807, 2.05) is 13.0 Å². The number of aromatic nitrogens is 1. The van der Waals surface area contributed by atoms with E-state index in [0.717, 1.165) is 31.7 Å². The maximum absolute atomic E-state index is 12.2. The lowest BCUT2D eigenvalue weighted by molar-refractivity contribution is 0.0879. The van der Waals surface area contributed by atoms with Crippen LogP contribution >= 0.6 is 0 Å². The van der Waals surface area contributed by atoms with Gasteiger partial charge in [0, 0.05) is 19.1 Å². The van der Waals surface area contributed by atoms with Crippen molar-refractivity contribution in [1.82, 2.24) is 15.2 Å². The lowest BCUT2D eigenvalue weighted by Crippen LogP contribution is -2.49. The third-order valence-electron chi connectivity index (χ3n) is 3.80. The Kier molecular flexibility index (Phi) is 4.95. The molecule has 0 bridgehead atoms. The number of carbonyl (C=O) groups is 1. The molecule has 1 fully saturated rings. The van der Waals surface area contributed by atoms with Crippen molar-refractivity contribution in [3.63, 3.8) is 0 Å². The van der Waals surface area contributed by atoms with Crippen LogP contribution in [0, 0.1) is 5.92 Å². The zero-order valence-electron chi connectivity index (χ0n) is 12.5. The molecular weight excluding hydrogens is 252 g/mol. The van der Waals surface area contributed by atoms with E-state index in [1.165, 1.54) is 0 Å². The van der Waals surface area contributed by atoms with Gasteiger partial charge in [0.25, 0.3) is 5.91 Å². The summed E-state index contributed by atoms with van der Waals surface area (Å²) in [5, 5.41) is 6.28. The van der Waals surface area contributed by atoms with Crippen LogP contribution in [0.4, 0.5) is 5.69 Å². The molecule has 1 amide bonds. The molecule has 2 heterocycles. The summed E-state index contributed by atoms with van der Waals surface area (Å²) in [6, 6.07) is 3.91. The Bertz CT molecular complexity index is 446. The van der Waals surface area contributed by atoms with E-state index in [2.05, 4.69) is 34.5 Å². The van der Waals surface area contributed by atoms with Gasteiger partial charge in [0.05, 0.1) is 11.9 Å². The number of pyridine rings is 1. The zero-order chi connectivity index (χ0) is 14.5. The van der Waals surface area contributed by atoms with Crippen molar-refractivity contribution in [1.29, 1.82) is 0 Å². The van der Waals surface area contributed by atoms with Gasteiger partial charge in [-0.1, -0.05) is 6.92 Å². The first-order valence-corrected chi connectivity index (χ1v) is 7.29. The average Bonchev–Trinajstić information content (AvgIpc) is 2.43. The van der Waals surface area contributed by atoms with Gasteiger partial charge in [-0.3, -0.25) is 4.79 Å². The minimum absolute atomic E-state index is 0.0746. The summed E-state index contributed by atoms with van der Waals surface area (Å²) in [7, 11) is 2.12. The molecule has 2 unspecified atom stereocenters. The summed E-state index contributed by atoms with van der Waals surface area (Å²) in [5.41, 5.74) is 1.43. The standard InChI is InChI=1S/C15H24N4O/c1-4-16-12-5-6-14(17-9-12)15(20)18-13-7-8-19(3)10-11(13)2/h5-6,9,11,13,16H,4,7-8,10H2,1-3H3,(H,18,20). The smallest absolute Gasteiger partial charge is 0.270 e. The molecule has 5 heteroatoms. The fraction of sp³-hybridized carbons (Fsp3) is 0.600. The summed E-state index contributed by atoms with van der Waals surface area (Å²) < 4.78 is 0. The van der Waals surface area contributed by atoms with Gasteiger partial charge in [-0.25, -0.2) is 4.98 Å². The molecule has 1 aliphatic rings. The zero-order valence-corrected chi connectivity index (χ0v) is 12.5. The van der Waals surface area contributed by atoms with Crippen LogP contribution < -0.4 is 10.6 Å². The van der Waals surface area contributed by atoms with Gasteiger partial charge in [0.1, 0.15) is 5.69 Å². The number of nitrogens with zero attached hydrogens (tertiary/aromatic N) is 2. The molecule has 1 aliphatic heterocycles. The Labute approximate surface area is 120 Å². The van der Waals surface area contributed by atoms with Crippen LogP contribution in [0.15, 0.2) is 18.3 Å². The highest BCUT2D eigenvalue weighted by atomic mass is 16.1. The van der Waals surface area contributed by atoms with E-state index in [0.29, 0.717) is 11.6 Å². The SMILES string of the molecule is CCNc1ccc(C(=O)NC2CCN(C)CC2C)nc1. The summed E-state index contributed by atoms with van der Waals surface area (Å²) in [6.07, 6.45) is 2.70. The summed E-state index contributed by atoms with van der Waals surface area (Å²) in [6.45, 7) is 7.12. The van der Waals surface area contributed by atoms with Crippen molar-refractivity contribution >= 4 is 11.6 Å². The first-order chi connectivity index (χ1) is 9.60. The average molecular weight is 276 g/mol. The van der Waals surface area contributed by atoms with Crippen LogP contribution in [0.25, 0.3) is 0 Å². The van der Waals surface area contributed by atoms with Crippen molar-refractivity contribution in [2.75, 3.05) is 32.0 Å². The van der Waals surface area contributed by atoms with E-state index in [1.54, 1.807) is 12.3 Å². The Balaban J connectivity index is 1.94. The lowest BCUT2D eigenvalue weighted by Gasteiger charge is -2.35. The maximum Gasteiger partial charge on any atom is 0.270 e. The predicted octanol–water partition coefficient (Wildman–Crippen LogP) is 1.58. The molecule has 1 saturated heterocycles. The molecule has 0 radical (unpaired) electrons. The van der Waals surface area contributed by atoms with Crippen LogP contribution in [-0.4, -0.2) is 48.5 Å². The monoisotopic (exact) mass is 276 g/mol. The highest BCUT2D eigenvalue weighted by Gasteiger charge is 2.25. The fourth-order valence-electron chi connectivity index (χ4n) is 2.65. The van der Waals surface area contributed by atoms with Crippen LogP contribution in [-0.2, 0) is 0 Å². The number of carbonyl (C=O) groups excluding carboxylic acids is 1. The molecule has 2 atom stereocenters. The molecule has 0 saturated carbocycles. The van der Waals surface area contributed by atoms with Gasteiger partial charge >= 0.3 is 0 Å². The quantitative estimate of drug-likeness (QED) is 0.877. The van der Waals surface area contributed by atoms with Crippen LogP contribution in [0.2, 0.25) is 0 Å². The number of likely N-dealkylation sites (tertiary alicyclic amines) is 1. The van der Waals surface area contributed by atoms with Gasteiger partial charge in [-0.15, -0.1) is 0 Å². The lowest BCUT2D eigenvalue weighted by atomic mass is 9.94. The number of rotatable bonds is 4. The fourth-order valence-corrected chi connectivity index (χ4v) is 2.65. The van der Waals surface area contributed by atoms with Crippen molar-refractivity contribution in [2.45, 2.75) is 26.3 Å². The van der Waals surface area contributed by atoms with E-state index in [4.69, 9.17) is 0 Å². The van der Waals surface area contributed by atoms with E-state index >= 15 is 0 Å². The number of nitrogens with one attached hydrogen (secondary N) is 2. The molecule has 2 N–H and O–H groups in total. The molecule has 1 aromatic heterocycles. The normalized spacial score (nSPS) is 23.4. The first kappa shape index (κ1) is 14.8. The second-order valence-electron chi connectivity index (χ2n) is 5.57. The Morgan fingerprint density at radius 1 is 1.50 bits per heavy atom. The minimum atomic E-state index is -0.0746. The van der Waals surface area contributed by atoms with E-state index < -0.39 is 0 Å². The molecule has 0 aromatic carbocycles. The third-order valence-corrected chi connectivity index (χ3v) is 3.80. The largest absolute Gasteiger partial charge is 0.384 e. The number of anilines is 1. The minimum Gasteiger partial charge on any atom is -0.384 e. The third kappa shape index (κ3) is 3.70. The number of hydrogen-bond acceptors (Lipinski definition) is 4. The van der Waals surface area contributed by atoms with Crippen molar-refractivity contribution in [3.8, 4) is 0 Å². The number of piperidine rings is 1. The summed E-state index contributed by atoms with van der Waals surface area (Å²) >= 11 is 0. The van der Waals surface area contributed by atoms with Crippen molar-refractivity contribution in [2.24, 2.45) is 5.92 Å². The molecule has 1 aromatic rings. The Morgan fingerprint density at radius 2 is 2.30 bits per heavy atom. The number of amides is 1. The van der Waals surface area contributed by atoms with Gasteiger partial charge in [0.2, 0.25) is 0 Å². The van der Waals surface area contributed by atoms with Gasteiger partial charge in [-0.2, -0.15) is 0 Å². The van der Waals surface area contributed by atoms with Gasteiger partial charge in [0.15, 0.2) is 0 Å². The van der Waals surface area contributed by atoms with Crippen molar-refractivity contribution < 1.29 is 4.79 Å². The molecular formula is C15H24N4O. The van der Waals surface area contributed by atoms with Crippen LogP contribution in [0.5, 0.6) is 0 Å². The Hall–Kier alpha value is -1.62. The molecule has 5 nitrogen and oxygen atoms in total. The Morgan fingerprint density at radius 3 is 2.90 bits per heavy atom. The van der Waals surface area contributed by atoms with Crippen molar-refractivity contribution in [3.05, 3.63) is 24.0 Å². The second-order valence-corrected chi connectivity index (χ2v) is 5.57. The van der Waals surface area contributed by atoms with Gasteiger partial charge in [-0.05, 0) is 45.0 Å². The molecule has 20 heavy (non-hydrogen) atoms. The summed E-state index contributed by atoms with van der Waals surface area (Å²) in [5.74, 6) is 0.396. The van der Waals surface area contributed by atoms with E-state index in [9.17, 15) is 4.79 Å². The molecule has 110 valence electrons. The summed E-state index contributed by atoms with van der Waals surface area (Å²) in [4.78, 5) is 18.7. The highest BCUT2D eigenvalue weighted by molar-refractivity contribution is 5.92. The number of hydrogen-bond donors (Lipinski definition) is 2. The highest BCUT2D eigenvalue weighted by Crippen LogP contribution is 2.16. The van der Waals surface area contributed by atoms with Crippen LogP contribution in [0.3, 0.4) is 0 Å². The first-order valence-electron chi connectivity index (χ1n) is 7.29. The molecule has 2 rings (SSSR count).